The van der Waals surface area contributed by atoms with Crippen molar-refractivity contribution in [2.24, 2.45) is 0 Å². The highest BCUT2D eigenvalue weighted by molar-refractivity contribution is 9.10. The van der Waals surface area contributed by atoms with Crippen molar-refractivity contribution in [3.05, 3.63) is 64.6 Å². The highest BCUT2D eigenvalue weighted by Crippen LogP contribution is 2.26. The van der Waals surface area contributed by atoms with Crippen molar-refractivity contribution < 1.29 is 14.3 Å². The van der Waals surface area contributed by atoms with E-state index in [4.69, 9.17) is 14.5 Å². The summed E-state index contributed by atoms with van der Waals surface area (Å²) in [5.74, 6) is -0.336. The van der Waals surface area contributed by atoms with E-state index in [1.807, 2.05) is 54.6 Å². The molecule has 26 heavy (non-hydrogen) atoms. The van der Waals surface area contributed by atoms with Crippen LogP contribution < -0.4 is 0 Å². The Morgan fingerprint density at radius 2 is 2.00 bits per heavy atom. The van der Waals surface area contributed by atoms with Crippen LogP contribution in [0.25, 0.3) is 22.2 Å². The van der Waals surface area contributed by atoms with Gasteiger partial charge in [-0.25, -0.2) is 9.78 Å². The van der Waals surface area contributed by atoms with Crippen molar-refractivity contribution in [2.75, 3.05) is 13.2 Å². The van der Waals surface area contributed by atoms with E-state index in [1.54, 1.807) is 0 Å². The number of benzene rings is 2. The molecule has 1 atom stereocenters. The number of hydrogen-bond acceptors (Lipinski definition) is 4. The van der Waals surface area contributed by atoms with Gasteiger partial charge in [0.2, 0.25) is 0 Å². The second-order valence-corrected chi connectivity index (χ2v) is 7.23. The van der Waals surface area contributed by atoms with E-state index in [-0.39, 0.29) is 12.1 Å². The largest absolute Gasteiger partial charge is 0.459 e. The Kier molecular flexibility index (Phi) is 5.00. The number of ether oxygens (including phenoxy) is 2. The molecule has 1 aromatic heterocycles. The molecular weight excluding hydrogens is 394 g/mol. The molecule has 3 aromatic rings. The SMILES string of the molecule is O=C(OC[C@H]1CCCO1)c1cc(-c2ccc(Br)cc2)nc2ccccc12. The maximum absolute atomic E-state index is 12.7. The maximum atomic E-state index is 12.7. The van der Waals surface area contributed by atoms with Crippen LogP contribution in [-0.2, 0) is 9.47 Å². The number of esters is 1. The number of fused-ring (bicyclic) bond motifs is 1. The minimum Gasteiger partial charge on any atom is -0.459 e. The van der Waals surface area contributed by atoms with Crippen molar-refractivity contribution in [3.8, 4) is 11.3 Å². The fraction of sp³-hybridized carbons (Fsp3) is 0.238. The van der Waals surface area contributed by atoms with E-state index in [1.165, 1.54) is 0 Å². The summed E-state index contributed by atoms with van der Waals surface area (Å²) in [6.45, 7) is 1.04. The Bertz CT molecular complexity index is 934. The summed E-state index contributed by atoms with van der Waals surface area (Å²) in [6, 6.07) is 17.3. The zero-order chi connectivity index (χ0) is 17.9. The van der Waals surface area contributed by atoms with E-state index in [0.29, 0.717) is 12.2 Å². The third-order valence-corrected chi connectivity index (χ3v) is 5.03. The number of carbonyl (C=O) groups excluding carboxylic acids is 1. The van der Waals surface area contributed by atoms with E-state index in [0.717, 1.165) is 46.1 Å². The molecule has 0 saturated carbocycles. The number of para-hydroxylation sites is 1. The van der Waals surface area contributed by atoms with Gasteiger partial charge in [0.25, 0.3) is 0 Å². The molecule has 0 unspecified atom stereocenters. The molecule has 132 valence electrons. The van der Waals surface area contributed by atoms with Gasteiger partial charge in [-0.3, -0.25) is 0 Å². The van der Waals surface area contributed by atoms with Gasteiger partial charge >= 0.3 is 5.97 Å². The van der Waals surface area contributed by atoms with Crippen molar-refractivity contribution in [1.29, 1.82) is 0 Å². The lowest BCUT2D eigenvalue weighted by Crippen LogP contribution is -2.18. The summed E-state index contributed by atoms with van der Waals surface area (Å²) in [6.07, 6.45) is 1.97. The van der Waals surface area contributed by atoms with Crippen LogP contribution in [0.3, 0.4) is 0 Å². The van der Waals surface area contributed by atoms with Crippen LogP contribution in [0.2, 0.25) is 0 Å². The smallest absolute Gasteiger partial charge is 0.338 e. The second-order valence-electron chi connectivity index (χ2n) is 6.31. The quantitative estimate of drug-likeness (QED) is 0.566. The normalized spacial score (nSPS) is 16.7. The van der Waals surface area contributed by atoms with Crippen molar-refractivity contribution in [2.45, 2.75) is 18.9 Å². The van der Waals surface area contributed by atoms with Gasteiger partial charge in [0.05, 0.1) is 22.9 Å². The van der Waals surface area contributed by atoms with Gasteiger partial charge in [-0.1, -0.05) is 46.3 Å². The Hall–Kier alpha value is -2.24. The molecule has 1 fully saturated rings. The molecule has 0 radical (unpaired) electrons. The van der Waals surface area contributed by atoms with Gasteiger partial charge in [-0.2, -0.15) is 0 Å². The first-order chi connectivity index (χ1) is 12.7. The second kappa shape index (κ2) is 7.56. The van der Waals surface area contributed by atoms with Gasteiger partial charge in [0.15, 0.2) is 0 Å². The zero-order valence-corrected chi connectivity index (χ0v) is 15.7. The highest BCUT2D eigenvalue weighted by atomic mass is 79.9. The van der Waals surface area contributed by atoms with Gasteiger partial charge in [-0.15, -0.1) is 0 Å². The first-order valence-corrected chi connectivity index (χ1v) is 9.44. The molecule has 1 aliphatic rings. The fourth-order valence-electron chi connectivity index (χ4n) is 3.13. The Morgan fingerprint density at radius 3 is 2.77 bits per heavy atom. The monoisotopic (exact) mass is 411 g/mol. The van der Waals surface area contributed by atoms with Crippen molar-refractivity contribution in [1.82, 2.24) is 4.98 Å². The van der Waals surface area contributed by atoms with Gasteiger partial charge in [-0.05, 0) is 37.1 Å². The van der Waals surface area contributed by atoms with E-state index in [2.05, 4.69) is 15.9 Å². The molecule has 0 aliphatic carbocycles. The minimum absolute atomic E-state index is 0.0120. The average Bonchev–Trinajstić information content (AvgIpc) is 3.19. The highest BCUT2D eigenvalue weighted by Gasteiger charge is 2.20. The van der Waals surface area contributed by atoms with E-state index in [9.17, 15) is 4.79 Å². The van der Waals surface area contributed by atoms with Crippen molar-refractivity contribution in [3.63, 3.8) is 0 Å². The molecule has 5 heteroatoms. The third-order valence-electron chi connectivity index (χ3n) is 4.50. The number of carbonyl (C=O) groups is 1. The lowest BCUT2D eigenvalue weighted by molar-refractivity contribution is 0.0163. The van der Waals surface area contributed by atoms with Crippen LogP contribution in [0, 0.1) is 0 Å². The number of hydrogen-bond donors (Lipinski definition) is 0. The van der Waals surface area contributed by atoms with Crippen LogP contribution >= 0.6 is 15.9 Å². The summed E-state index contributed by atoms with van der Waals surface area (Å²) in [7, 11) is 0. The fourth-order valence-corrected chi connectivity index (χ4v) is 3.40. The molecule has 0 N–H and O–H groups in total. The minimum atomic E-state index is -0.336. The summed E-state index contributed by atoms with van der Waals surface area (Å²) >= 11 is 3.44. The molecule has 2 aromatic carbocycles. The van der Waals surface area contributed by atoms with E-state index < -0.39 is 0 Å². The summed E-state index contributed by atoms with van der Waals surface area (Å²) in [5, 5.41) is 0.797. The molecule has 0 amide bonds. The Balaban J connectivity index is 1.69. The number of pyridine rings is 1. The van der Waals surface area contributed by atoms with Gasteiger partial charge < -0.3 is 9.47 Å². The van der Waals surface area contributed by atoms with E-state index >= 15 is 0 Å². The molecule has 1 saturated heterocycles. The maximum Gasteiger partial charge on any atom is 0.338 e. The van der Waals surface area contributed by atoms with Crippen LogP contribution in [0.15, 0.2) is 59.1 Å². The predicted molar refractivity (Wildman–Crippen MR) is 104 cm³/mol. The Labute approximate surface area is 160 Å². The summed E-state index contributed by atoms with van der Waals surface area (Å²) < 4.78 is 12.1. The molecule has 2 heterocycles. The lowest BCUT2D eigenvalue weighted by Gasteiger charge is -2.12. The summed E-state index contributed by atoms with van der Waals surface area (Å²) in [5.41, 5.74) is 3.01. The summed E-state index contributed by atoms with van der Waals surface area (Å²) in [4.78, 5) is 17.4. The molecule has 1 aliphatic heterocycles. The number of nitrogens with zero attached hydrogens (tertiary/aromatic N) is 1. The standard InChI is InChI=1S/C21H18BrNO3/c22-15-9-7-14(8-10-15)20-12-18(17-5-1-2-6-19(17)23-20)21(24)26-13-16-4-3-11-25-16/h1-2,5-10,12,16H,3-4,11,13H2/t16-/m1/s1. The molecule has 4 rings (SSSR count). The van der Waals surface area contributed by atoms with Crippen molar-refractivity contribution >= 4 is 32.8 Å². The number of halogens is 1. The predicted octanol–water partition coefficient (Wildman–Crippen LogP) is 5.00. The molecular formula is C21H18BrNO3. The Morgan fingerprint density at radius 1 is 1.19 bits per heavy atom. The van der Waals surface area contributed by atoms with Crippen LogP contribution in [0.1, 0.15) is 23.2 Å². The molecule has 0 bridgehead atoms. The molecule has 4 nitrogen and oxygen atoms in total. The van der Waals surface area contributed by atoms with Crippen LogP contribution in [0.4, 0.5) is 0 Å². The topological polar surface area (TPSA) is 48.4 Å². The first kappa shape index (κ1) is 17.2. The number of rotatable bonds is 4. The molecule has 0 spiro atoms. The van der Waals surface area contributed by atoms with Crippen LogP contribution in [-0.4, -0.2) is 30.3 Å². The average molecular weight is 412 g/mol. The lowest BCUT2D eigenvalue weighted by atomic mass is 10.0. The van der Waals surface area contributed by atoms with Crippen LogP contribution in [0.5, 0.6) is 0 Å². The zero-order valence-electron chi connectivity index (χ0n) is 14.2. The number of aromatic nitrogens is 1. The van der Waals surface area contributed by atoms with Gasteiger partial charge in [0.1, 0.15) is 6.61 Å². The van der Waals surface area contributed by atoms with Gasteiger partial charge in [0, 0.05) is 22.0 Å². The first-order valence-electron chi connectivity index (χ1n) is 8.65. The third kappa shape index (κ3) is 3.64.